The zero-order chi connectivity index (χ0) is 17.3. The van der Waals surface area contributed by atoms with Gasteiger partial charge in [0, 0.05) is 12.2 Å². The Morgan fingerprint density at radius 3 is 1.74 bits per heavy atom. The molecule has 0 atom stereocenters. The molecule has 0 aromatic heterocycles. The van der Waals surface area contributed by atoms with E-state index >= 15 is 0 Å². The fourth-order valence-electron chi connectivity index (χ4n) is 2.70. The first-order valence-corrected chi connectivity index (χ1v) is 8.25. The molecule has 0 saturated heterocycles. The predicted octanol–water partition coefficient (Wildman–Crippen LogP) is 5.60. The van der Waals surface area contributed by atoms with Crippen LogP contribution < -0.4 is 5.32 Å². The molecule has 0 unspecified atom stereocenters. The van der Waals surface area contributed by atoms with Crippen molar-refractivity contribution in [2.75, 3.05) is 5.32 Å². The summed E-state index contributed by atoms with van der Waals surface area (Å²) in [6.45, 7) is 13.6. The smallest absolute Gasteiger partial charge is 0.123 e. The largest absolute Gasteiger partial charge is 0.507 e. The molecule has 2 N–H and O–H groups in total. The van der Waals surface area contributed by atoms with Gasteiger partial charge in [-0.2, -0.15) is 0 Å². The maximum Gasteiger partial charge on any atom is 0.123 e. The predicted molar refractivity (Wildman–Crippen MR) is 99.3 cm³/mol. The summed E-state index contributed by atoms with van der Waals surface area (Å²) in [6.07, 6.45) is 0. The summed E-state index contributed by atoms with van der Waals surface area (Å²) in [5, 5.41) is 14.2. The van der Waals surface area contributed by atoms with E-state index in [0.717, 1.165) is 23.4 Å². The molecule has 2 heteroatoms. The lowest BCUT2D eigenvalue weighted by Crippen LogP contribution is -2.18. The summed E-state index contributed by atoms with van der Waals surface area (Å²) in [4.78, 5) is 0. The van der Waals surface area contributed by atoms with Gasteiger partial charge in [0.05, 0.1) is 0 Å². The third kappa shape index (κ3) is 4.28. The van der Waals surface area contributed by atoms with Gasteiger partial charge in [-0.25, -0.2) is 0 Å². The highest BCUT2D eigenvalue weighted by Crippen LogP contribution is 2.39. The molecule has 124 valence electrons. The second-order valence-corrected chi connectivity index (χ2v) is 8.26. The van der Waals surface area contributed by atoms with E-state index in [-0.39, 0.29) is 10.8 Å². The lowest BCUT2D eigenvalue weighted by Gasteiger charge is -2.28. The number of para-hydroxylation sites is 1. The maximum atomic E-state index is 10.7. The summed E-state index contributed by atoms with van der Waals surface area (Å²) in [6, 6.07) is 14.5. The molecule has 0 amide bonds. The molecule has 0 spiro atoms. The second-order valence-electron chi connectivity index (χ2n) is 8.26. The lowest BCUT2D eigenvalue weighted by molar-refractivity contribution is 0.423. The number of benzene rings is 2. The van der Waals surface area contributed by atoms with E-state index < -0.39 is 0 Å². The Hall–Kier alpha value is -1.96. The Labute approximate surface area is 140 Å². The van der Waals surface area contributed by atoms with Crippen molar-refractivity contribution in [1.82, 2.24) is 0 Å². The Bertz CT molecular complexity index is 625. The molecule has 2 aromatic carbocycles. The standard InChI is InChI=1S/C21H29NO/c1-20(2,3)17-12-15(13-18(19(17)23)21(4,5)6)14-22-16-10-8-7-9-11-16/h7-13,22-23H,14H2,1-6H3. The summed E-state index contributed by atoms with van der Waals surface area (Å²) >= 11 is 0. The Morgan fingerprint density at radius 1 is 0.826 bits per heavy atom. The zero-order valence-electron chi connectivity index (χ0n) is 15.2. The van der Waals surface area contributed by atoms with Crippen LogP contribution in [0.2, 0.25) is 0 Å². The number of anilines is 1. The van der Waals surface area contributed by atoms with Crippen molar-refractivity contribution in [3.63, 3.8) is 0 Å². The van der Waals surface area contributed by atoms with Crippen LogP contribution in [0.1, 0.15) is 58.2 Å². The summed E-state index contributed by atoms with van der Waals surface area (Å²) in [5.41, 5.74) is 4.14. The normalized spacial score (nSPS) is 12.3. The topological polar surface area (TPSA) is 32.3 Å². The van der Waals surface area contributed by atoms with Gasteiger partial charge in [-0.1, -0.05) is 59.7 Å². The first-order chi connectivity index (χ1) is 10.6. The molecule has 2 nitrogen and oxygen atoms in total. The van der Waals surface area contributed by atoms with Gasteiger partial charge < -0.3 is 10.4 Å². The van der Waals surface area contributed by atoms with Crippen molar-refractivity contribution in [3.8, 4) is 5.75 Å². The van der Waals surface area contributed by atoms with Crippen LogP contribution in [0.15, 0.2) is 42.5 Å². The van der Waals surface area contributed by atoms with Crippen LogP contribution in [-0.4, -0.2) is 5.11 Å². The van der Waals surface area contributed by atoms with Gasteiger partial charge in [-0.05, 0) is 51.8 Å². The van der Waals surface area contributed by atoms with Crippen molar-refractivity contribution in [1.29, 1.82) is 0 Å². The van der Waals surface area contributed by atoms with E-state index in [9.17, 15) is 5.11 Å². The third-order valence-electron chi connectivity index (χ3n) is 4.06. The molecule has 0 aliphatic rings. The van der Waals surface area contributed by atoms with Gasteiger partial charge in [-0.15, -0.1) is 0 Å². The first-order valence-electron chi connectivity index (χ1n) is 8.25. The molecule has 0 radical (unpaired) electrons. The number of rotatable bonds is 3. The Kier molecular flexibility index (Phi) is 4.74. The third-order valence-corrected chi connectivity index (χ3v) is 4.06. The first kappa shape index (κ1) is 17.4. The maximum absolute atomic E-state index is 10.7. The van der Waals surface area contributed by atoms with Crippen molar-refractivity contribution in [2.24, 2.45) is 0 Å². The van der Waals surface area contributed by atoms with Gasteiger partial charge >= 0.3 is 0 Å². The van der Waals surface area contributed by atoms with Crippen LogP contribution in [0, 0.1) is 0 Å². The molecular formula is C21H29NO. The van der Waals surface area contributed by atoms with Crippen LogP contribution >= 0.6 is 0 Å². The van der Waals surface area contributed by atoms with Gasteiger partial charge in [0.25, 0.3) is 0 Å². The zero-order valence-corrected chi connectivity index (χ0v) is 15.2. The quantitative estimate of drug-likeness (QED) is 0.773. The van der Waals surface area contributed by atoms with Gasteiger partial charge in [0.1, 0.15) is 5.75 Å². The molecule has 2 aromatic rings. The number of phenolic OH excluding ortho intramolecular Hbond substituents is 1. The fourth-order valence-corrected chi connectivity index (χ4v) is 2.70. The van der Waals surface area contributed by atoms with Crippen LogP contribution in [-0.2, 0) is 17.4 Å². The molecule has 0 aliphatic carbocycles. The number of hydrogen-bond donors (Lipinski definition) is 2. The number of aromatic hydroxyl groups is 1. The fraction of sp³-hybridized carbons (Fsp3) is 0.429. The van der Waals surface area contributed by atoms with Crippen molar-refractivity contribution in [3.05, 3.63) is 59.2 Å². The van der Waals surface area contributed by atoms with E-state index in [2.05, 4.69) is 71.1 Å². The van der Waals surface area contributed by atoms with Crippen LogP contribution in [0.25, 0.3) is 0 Å². The van der Waals surface area contributed by atoms with Crippen molar-refractivity contribution in [2.45, 2.75) is 58.9 Å². The SMILES string of the molecule is CC(C)(C)c1cc(CNc2ccccc2)cc(C(C)(C)C)c1O. The monoisotopic (exact) mass is 311 g/mol. The molecule has 0 heterocycles. The molecule has 0 bridgehead atoms. The molecule has 2 rings (SSSR count). The molecule has 0 saturated carbocycles. The van der Waals surface area contributed by atoms with E-state index in [1.165, 1.54) is 5.56 Å². The average Bonchev–Trinajstić information content (AvgIpc) is 2.44. The number of phenols is 1. The van der Waals surface area contributed by atoms with Crippen LogP contribution in [0.3, 0.4) is 0 Å². The van der Waals surface area contributed by atoms with E-state index in [1.54, 1.807) is 0 Å². The highest BCUT2D eigenvalue weighted by atomic mass is 16.3. The highest BCUT2D eigenvalue weighted by molar-refractivity contribution is 5.51. The minimum Gasteiger partial charge on any atom is -0.507 e. The highest BCUT2D eigenvalue weighted by Gasteiger charge is 2.26. The lowest BCUT2D eigenvalue weighted by atomic mass is 9.78. The van der Waals surface area contributed by atoms with Gasteiger partial charge in [-0.3, -0.25) is 0 Å². The van der Waals surface area contributed by atoms with E-state index in [1.807, 2.05) is 18.2 Å². The number of nitrogens with one attached hydrogen (secondary N) is 1. The van der Waals surface area contributed by atoms with Gasteiger partial charge in [0.15, 0.2) is 0 Å². The Morgan fingerprint density at radius 2 is 1.30 bits per heavy atom. The molecule has 23 heavy (non-hydrogen) atoms. The minimum absolute atomic E-state index is 0.0904. The summed E-state index contributed by atoms with van der Waals surface area (Å²) in [5.74, 6) is 0.438. The van der Waals surface area contributed by atoms with Crippen LogP contribution in [0.5, 0.6) is 5.75 Å². The summed E-state index contributed by atoms with van der Waals surface area (Å²) in [7, 11) is 0. The van der Waals surface area contributed by atoms with E-state index in [4.69, 9.17) is 0 Å². The molecule has 0 aliphatic heterocycles. The van der Waals surface area contributed by atoms with Crippen molar-refractivity contribution >= 4 is 5.69 Å². The summed E-state index contributed by atoms with van der Waals surface area (Å²) < 4.78 is 0. The van der Waals surface area contributed by atoms with E-state index in [0.29, 0.717) is 5.75 Å². The second kappa shape index (κ2) is 6.27. The van der Waals surface area contributed by atoms with Crippen molar-refractivity contribution < 1.29 is 5.11 Å². The minimum atomic E-state index is -0.0904. The average molecular weight is 311 g/mol. The van der Waals surface area contributed by atoms with Crippen LogP contribution in [0.4, 0.5) is 5.69 Å². The Balaban J connectivity index is 2.40. The van der Waals surface area contributed by atoms with Gasteiger partial charge in [0.2, 0.25) is 0 Å². The molecular weight excluding hydrogens is 282 g/mol. The molecule has 0 fully saturated rings. The number of hydrogen-bond acceptors (Lipinski definition) is 2.